The quantitative estimate of drug-likeness (QED) is 0.667. The number of hydrogen-bond acceptors (Lipinski definition) is 4. The maximum Gasteiger partial charge on any atom is 0.241 e. The summed E-state index contributed by atoms with van der Waals surface area (Å²) in [5.41, 5.74) is 2.05. The second-order valence-corrected chi connectivity index (χ2v) is 7.61. The zero-order chi connectivity index (χ0) is 19.4. The fraction of sp³-hybridized carbons (Fsp3) is 0.409. The highest BCUT2D eigenvalue weighted by molar-refractivity contribution is 5.95. The molecule has 6 heteroatoms. The molecule has 2 aromatic carbocycles. The predicted molar refractivity (Wildman–Crippen MR) is 114 cm³/mol. The Hall–Kier alpha value is -2.08. The summed E-state index contributed by atoms with van der Waals surface area (Å²) in [6, 6.07) is 14.7. The summed E-state index contributed by atoms with van der Waals surface area (Å²) in [7, 11) is 0. The Morgan fingerprint density at radius 2 is 1.75 bits per heavy atom. The highest BCUT2D eigenvalue weighted by Crippen LogP contribution is 2.28. The number of carbonyl (C=O) groups is 1. The third kappa shape index (κ3) is 5.47. The van der Waals surface area contributed by atoms with Crippen molar-refractivity contribution in [1.29, 1.82) is 0 Å². The number of anilines is 1. The molecule has 0 saturated carbocycles. The van der Waals surface area contributed by atoms with Gasteiger partial charge in [0.1, 0.15) is 5.75 Å². The number of likely N-dealkylation sites (tertiary alicyclic amines) is 1. The van der Waals surface area contributed by atoms with Crippen LogP contribution in [0.2, 0.25) is 0 Å². The van der Waals surface area contributed by atoms with Crippen LogP contribution in [0.15, 0.2) is 48.5 Å². The molecule has 1 fully saturated rings. The summed E-state index contributed by atoms with van der Waals surface area (Å²) < 4.78 is 0. The first-order chi connectivity index (χ1) is 12.9. The van der Waals surface area contributed by atoms with Crippen molar-refractivity contribution in [3.8, 4) is 5.75 Å². The number of aromatic hydroxyl groups is 1. The van der Waals surface area contributed by atoms with E-state index in [0.717, 1.165) is 5.56 Å². The Morgan fingerprint density at radius 3 is 2.36 bits per heavy atom. The van der Waals surface area contributed by atoms with Crippen molar-refractivity contribution < 1.29 is 15.0 Å². The Kier molecular flexibility index (Phi) is 7.47. The fourth-order valence-electron chi connectivity index (χ4n) is 3.57. The second kappa shape index (κ2) is 9.41. The maximum absolute atomic E-state index is 12.5. The molecule has 3 rings (SSSR count). The van der Waals surface area contributed by atoms with Crippen molar-refractivity contribution >= 4 is 24.0 Å². The van der Waals surface area contributed by atoms with Crippen LogP contribution in [0, 0.1) is 6.92 Å². The number of amides is 1. The molecule has 2 aromatic rings. The first-order valence-electron chi connectivity index (χ1n) is 9.47. The third-order valence-corrected chi connectivity index (χ3v) is 5.47. The van der Waals surface area contributed by atoms with Gasteiger partial charge in [0.05, 0.1) is 17.3 Å². The van der Waals surface area contributed by atoms with Gasteiger partial charge in [-0.3, -0.25) is 9.69 Å². The molecule has 152 valence electrons. The average Bonchev–Trinajstić information content (AvgIpc) is 2.65. The number of halogens is 1. The number of benzene rings is 2. The maximum atomic E-state index is 12.5. The minimum absolute atomic E-state index is 0. The first-order valence-corrected chi connectivity index (χ1v) is 9.47. The molecule has 0 radical (unpaired) electrons. The van der Waals surface area contributed by atoms with Crippen LogP contribution in [0.3, 0.4) is 0 Å². The Morgan fingerprint density at radius 1 is 1.14 bits per heavy atom. The number of rotatable bonds is 5. The summed E-state index contributed by atoms with van der Waals surface area (Å²) in [4.78, 5) is 14.6. The Bertz CT molecular complexity index is 787. The van der Waals surface area contributed by atoms with Gasteiger partial charge in [-0.25, -0.2) is 0 Å². The number of piperidine rings is 1. The molecule has 28 heavy (non-hydrogen) atoms. The molecule has 5 nitrogen and oxygen atoms in total. The zero-order valence-corrected chi connectivity index (χ0v) is 17.2. The van der Waals surface area contributed by atoms with E-state index in [-0.39, 0.29) is 30.1 Å². The third-order valence-electron chi connectivity index (χ3n) is 5.47. The molecule has 1 aliphatic heterocycles. The topological polar surface area (TPSA) is 72.8 Å². The number of nitrogens with zero attached hydrogens (tertiary/aromatic N) is 1. The monoisotopic (exact) mass is 404 g/mol. The molecular weight excluding hydrogens is 376 g/mol. The van der Waals surface area contributed by atoms with Crippen LogP contribution in [0.25, 0.3) is 0 Å². The van der Waals surface area contributed by atoms with Crippen LogP contribution in [-0.2, 0) is 11.2 Å². The van der Waals surface area contributed by atoms with E-state index in [0.29, 0.717) is 38.0 Å². The van der Waals surface area contributed by atoms with Gasteiger partial charge in [-0.05, 0) is 44.4 Å². The van der Waals surface area contributed by atoms with E-state index in [9.17, 15) is 15.0 Å². The van der Waals surface area contributed by atoms with Crippen molar-refractivity contribution in [3.05, 3.63) is 59.7 Å². The van der Waals surface area contributed by atoms with Gasteiger partial charge in [0.25, 0.3) is 0 Å². The number of aryl methyl sites for hydroxylation is 1. The lowest BCUT2D eigenvalue weighted by Gasteiger charge is -2.40. The molecule has 1 atom stereocenters. The predicted octanol–water partition coefficient (Wildman–Crippen LogP) is 3.52. The van der Waals surface area contributed by atoms with Crippen molar-refractivity contribution in [2.24, 2.45) is 0 Å². The van der Waals surface area contributed by atoms with Crippen LogP contribution in [-0.4, -0.2) is 45.8 Å². The molecule has 1 aliphatic rings. The number of nitrogens with one attached hydrogen (secondary N) is 1. The van der Waals surface area contributed by atoms with Gasteiger partial charge >= 0.3 is 0 Å². The molecule has 1 saturated heterocycles. The minimum atomic E-state index is -0.723. The highest BCUT2D eigenvalue weighted by atomic mass is 35.5. The highest BCUT2D eigenvalue weighted by Gasteiger charge is 2.35. The molecule has 3 N–H and O–H groups in total. The second-order valence-electron chi connectivity index (χ2n) is 7.61. The number of hydrogen-bond donors (Lipinski definition) is 3. The number of phenols is 1. The normalized spacial score (nSPS) is 17.4. The summed E-state index contributed by atoms with van der Waals surface area (Å²) in [6.45, 7) is 5.24. The Labute approximate surface area is 172 Å². The number of aliphatic hydroxyl groups is 1. The molecule has 1 amide bonds. The van der Waals surface area contributed by atoms with E-state index in [1.165, 1.54) is 5.56 Å². The van der Waals surface area contributed by atoms with E-state index < -0.39 is 5.60 Å². The standard InChI is InChI=1S/C22H28N2O3.ClH/c1-16-7-9-18(10-8-16)15-22(27)11-13-24(14-12-22)17(2)21(26)23-19-5-3-4-6-20(19)25;/h3-10,17,25,27H,11-15H2,1-2H3,(H,23,26);1H. The van der Waals surface area contributed by atoms with Crippen LogP contribution >= 0.6 is 12.4 Å². The Balaban J connectivity index is 0.00000280. The van der Waals surface area contributed by atoms with Crippen molar-refractivity contribution in [2.75, 3.05) is 18.4 Å². The molecule has 0 bridgehead atoms. The van der Waals surface area contributed by atoms with Gasteiger partial charge in [-0.15, -0.1) is 12.4 Å². The van der Waals surface area contributed by atoms with E-state index in [1.54, 1.807) is 24.3 Å². The SMILES string of the molecule is Cc1ccc(CC2(O)CCN(C(C)C(=O)Nc3ccccc3O)CC2)cc1.Cl. The van der Waals surface area contributed by atoms with E-state index in [1.807, 2.05) is 6.92 Å². The van der Waals surface area contributed by atoms with Gasteiger partial charge in [0.15, 0.2) is 0 Å². The average molecular weight is 405 g/mol. The summed E-state index contributed by atoms with van der Waals surface area (Å²) >= 11 is 0. The van der Waals surface area contributed by atoms with Crippen LogP contribution in [0.4, 0.5) is 5.69 Å². The lowest BCUT2D eigenvalue weighted by Crippen LogP contribution is -2.51. The number of para-hydroxylation sites is 2. The zero-order valence-electron chi connectivity index (χ0n) is 16.4. The first kappa shape index (κ1) is 22.2. The molecule has 0 aliphatic carbocycles. The van der Waals surface area contributed by atoms with E-state index in [4.69, 9.17) is 0 Å². The van der Waals surface area contributed by atoms with Crippen molar-refractivity contribution in [3.63, 3.8) is 0 Å². The minimum Gasteiger partial charge on any atom is -0.506 e. The van der Waals surface area contributed by atoms with Gasteiger partial charge in [0.2, 0.25) is 5.91 Å². The molecular formula is C22H29ClN2O3. The van der Waals surface area contributed by atoms with E-state index >= 15 is 0 Å². The smallest absolute Gasteiger partial charge is 0.241 e. The summed E-state index contributed by atoms with van der Waals surface area (Å²) in [5, 5.41) is 23.5. The summed E-state index contributed by atoms with van der Waals surface area (Å²) in [6.07, 6.45) is 1.91. The van der Waals surface area contributed by atoms with E-state index in [2.05, 4.69) is 41.4 Å². The van der Waals surface area contributed by atoms with Gasteiger partial charge in [-0.1, -0.05) is 42.0 Å². The lowest BCUT2D eigenvalue weighted by atomic mass is 9.85. The van der Waals surface area contributed by atoms with Crippen molar-refractivity contribution in [2.45, 2.75) is 44.8 Å². The van der Waals surface area contributed by atoms with Gasteiger partial charge in [-0.2, -0.15) is 0 Å². The molecule has 0 aromatic heterocycles. The van der Waals surface area contributed by atoms with Crippen LogP contribution in [0.1, 0.15) is 30.9 Å². The fourth-order valence-corrected chi connectivity index (χ4v) is 3.57. The van der Waals surface area contributed by atoms with Crippen LogP contribution in [0.5, 0.6) is 5.75 Å². The van der Waals surface area contributed by atoms with Crippen molar-refractivity contribution in [1.82, 2.24) is 4.90 Å². The largest absolute Gasteiger partial charge is 0.506 e. The molecule has 1 heterocycles. The lowest BCUT2D eigenvalue weighted by molar-refractivity contribution is -0.122. The summed E-state index contributed by atoms with van der Waals surface area (Å²) in [5.74, 6) is -0.0929. The molecule has 0 spiro atoms. The number of phenolic OH excluding ortho intramolecular Hbond substituents is 1. The van der Waals surface area contributed by atoms with Gasteiger partial charge in [0, 0.05) is 19.5 Å². The molecule has 1 unspecified atom stereocenters. The van der Waals surface area contributed by atoms with Crippen LogP contribution < -0.4 is 5.32 Å². The number of carbonyl (C=O) groups excluding carboxylic acids is 1. The van der Waals surface area contributed by atoms with Gasteiger partial charge < -0.3 is 15.5 Å².